The Morgan fingerprint density at radius 2 is 1.88 bits per heavy atom. The van der Waals surface area contributed by atoms with Crippen LogP contribution < -0.4 is 11.5 Å². The third kappa shape index (κ3) is 11.6. The number of nitrogens with zero attached hydrogens (tertiary/aromatic N) is 2. The summed E-state index contributed by atoms with van der Waals surface area (Å²) in [4.78, 5) is 30.5. The number of isothiocyanates is 1. The quantitative estimate of drug-likeness (QED) is 0.0425. The van der Waals surface area contributed by atoms with E-state index < -0.39 is 54.7 Å². The summed E-state index contributed by atoms with van der Waals surface area (Å²) in [5.41, 5.74) is 10.00. The van der Waals surface area contributed by atoms with E-state index in [0.29, 0.717) is 38.3 Å². The zero-order valence-electron chi connectivity index (χ0n) is 22.9. The number of rotatable bonds is 21. The number of thiocarbonyl (C=S) groups is 1. The molecular formula is C26H42N4O8S2. The molecule has 0 saturated carbocycles. The number of carbonyl (C=O) groups excluding carboxylic acids is 1. The molecule has 0 spiro atoms. The van der Waals surface area contributed by atoms with Gasteiger partial charge in [-0.25, -0.2) is 4.79 Å². The largest absolute Gasteiger partial charge is 0.479 e. The minimum Gasteiger partial charge on any atom is -0.479 e. The third-order valence-electron chi connectivity index (χ3n) is 6.36. The monoisotopic (exact) mass is 602 g/mol. The van der Waals surface area contributed by atoms with Gasteiger partial charge in [-0.1, -0.05) is 12.1 Å². The first-order valence-corrected chi connectivity index (χ1v) is 14.5. The average Bonchev–Trinajstić information content (AvgIpc) is 2.93. The molecule has 1 aromatic rings. The number of hydrogen-bond acceptors (Lipinski definition) is 13. The number of nitrogens with two attached hydrogens (primary N) is 2. The number of carbonyl (C=O) groups is 2. The first-order chi connectivity index (χ1) is 18.9. The number of hydrogen-bond donors (Lipinski definition) is 7. The maximum Gasteiger partial charge on any atom is 0.346 e. The molecule has 0 aromatic heterocycles. The van der Waals surface area contributed by atoms with Crippen LogP contribution in [0.4, 0.5) is 5.69 Å². The van der Waals surface area contributed by atoms with Crippen molar-refractivity contribution in [1.29, 1.82) is 0 Å². The van der Waals surface area contributed by atoms with Crippen LogP contribution in [0, 0.1) is 0 Å². The molecule has 0 heterocycles. The molecule has 0 bridgehead atoms. The van der Waals surface area contributed by atoms with Gasteiger partial charge in [-0.2, -0.15) is 4.99 Å². The maximum atomic E-state index is 12.7. The Kier molecular flexibility index (Phi) is 16.8. The van der Waals surface area contributed by atoms with Crippen LogP contribution >= 0.6 is 24.0 Å². The van der Waals surface area contributed by atoms with Gasteiger partial charge >= 0.3 is 5.97 Å². The molecule has 14 heteroatoms. The Hall–Kier alpha value is -1.81. The van der Waals surface area contributed by atoms with Crippen molar-refractivity contribution in [2.75, 3.05) is 38.5 Å². The molecule has 226 valence electrons. The molecule has 0 saturated heterocycles. The summed E-state index contributed by atoms with van der Waals surface area (Å²) in [6.07, 6.45) is -6.12. The summed E-state index contributed by atoms with van der Waals surface area (Å²) in [5, 5.41) is 52.1. The lowest BCUT2D eigenvalue weighted by Gasteiger charge is -2.32. The Morgan fingerprint density at radius 1 is 1.23 bits per heavy atom. The number of aliphatic hydroxyl groups excluding tert-OH is 3. The van der Waals surface area contributed by atoms with Crippen LogP contribution in [0.1, 0.15) is 32.3 Å². The number of thioether (sulfide) groups is 1. The second-order valence-corrected chi connectivity index (χ2v) is 10.9. The van der Waals surface area contributed by atoms with E-state index in [1.54, 1.807) is 11.8 Å². The van der Waals surface area contributed by atoms with Crippen molar-refractivity contribution in [2.24, 2.45) is 16.5 Å². The zero-order chi connectivity index (χ0) is 30.3. The standard InChI is InChI=1S/C26H42N4O8S2/c1-3-38-17(2)40-13-12-30(11-10-18-4-7-20(8-5-18)29-16-39)15-19(28)6-9-22(32)26(37,25(35)36)24(34)23(33)21(31)14-27/h4-5,7-8,17,19,21,23-24,31,33-34,37H,3,6,9-15,27-28H2,1-2H3,(H,35,36)/t17-,19?,21+,23+,24-,26+/m0/s1. The minimum atomic E-state index is -3.33. The summed E-state index contributed by atoms with van der Waals surface area (Å²) < 4.78 is 5.57. The summed E-state index contributed by atoms with van der Waals surface area (Å²) >= 11 is 6.28. The van der Waals surface area contributed by atoms with Crippen LogP contribution in [-0.2, 0) is 20.7 Å². The first-order valence-electron chi connectivity index (χ1n) is 13.0. The zero-order valence-corrected chi connectivity index (χ0v) is 24.5. The van der Waals surface area contributed by atoms with Gasteiger partial charge in [-0.05, 0) is 56.6 Å². The SMILES string of the molecule is CCO[C@H](C)SCCN(CCc1ccc(N=C=S)cc1)CC(N)CCC(=O)[C@](O)(C(=O)O)[C@@H](O)[C@H](O)[C@H](O)CN. The number of benzene rings is 1. The highest BCUT2D eigenvalue weighted by atomic mass is 32.2. The Balaban J connectivity index is 2.85. The lowest BCUT2D eigenvalue weighted by molar-refractivity contribution is -0.191. The number of ether oxygens (including phenoxy) is 1. The highest BCUT2D eigenvalue weighted by Crippen LogP contribution is 2.21. The predicted octanol–water partition coefficient (Wildman–Crippen LogP) is -0.0852. The highest BCUT2D eigenvalue weighted by Gasteiger charge is 2.53. The minimum absolute atomic E-state index is 0.0138. The molecule has 1 rings (SSSR count). The van der Waals surface area contributed by atoms with Crippen LogP contribution in [0.15, 0.2) is 29.3 Å². The smallest absolute Gasteiger partial charge is 0.346 e. The molecule has 0 fully saturated rings. The van der Waals surface area contributed by atoms with E-state index in [0.717, 1.165) is 11.3 Å². The number of ketones is 1. The lowest BCUT2D eigenvalue weighted by atomic mass is 9.84. The predicted molar refractivity (Wildman–Crippen MR) is 157 cm³/mol. The number of carboxylic acids is 1. The van der Waals surface area contributed by atoms with E-state index in [2.05, 4.69) is 27.3 Å². The van der Waals surface area contributed by atoms with Crippen LogP contribution in [0.25, 0.3) is 0 Å². The van der Waals surface area contributed by atoms with E-state index in [-0.39, 0.29) is 11.9 Å². The van der Waals surface area contributed by atoms with Gasteiger partial charge in [-0.15, -0.1) is 11.8 Å². The van der Waals surface area contributed by atoms with Gasteiger partial charge in [-0.3, -0.25) is 4.79 Å². The number of aliphatic hydroxyl groups is 4. The van der Waals surface area contributed by atoms with Crippen LogP contribution in [0.3, 0.4) is 0 Å². The van der Waals surface area contributed by atoms with Crippen LogP contribution in [0.5, 0.6) is 0 Å². The number of carboxylic acid groups (broad SMARTS) is 1. The van der Waals surface area contributed by atoms with E-state index in [4.69, 9.17) is 16.2 Å². The highest BCUT2D eigenvalue weighted by molar-refractivity contribution is 7.99. The van der Waals surface area contributed by atoms with Crippen molar-refractivity contribution >= 4 is 46.6 Å². The van der Waals surface area contributed by atoms with Crippen molar-refractivity contribution in [3.63, 3.8) is 0 Å². The molecular weight excluding hydrogens is 560 g/mol. The normalized spacial score (nSPS) is 16.8. The Bertz CT molecular complexity index is 967. The molecule has 1 aromatic carbocycles. The van der Waals surface area contributed by atoms with Crippen molar-refractivity contribution in [1.82, 2.24) is 4.90 Å². The fraction of sp³-hybridized carbons (Fsp3) is 0.654. The molecule has 12 nitrogen and oxygen atoms in total. The van der Waals surface area contributed by atoms with Gasteiger partial charge in [0.05, 0.1) is 22.4 Å². The van der Waals surface area contributed by atoms with Crippen molar-refractivity contribution < 1.29 is 39.9 Å². The maximum absolute atomic E-state index is 12.7. The number of aliphatic carboxylic acids is 1. The van der Waals surface area contributed by atoms with Gasteiger partial charge in [0.1, 0.15) is 12.2 Å². The average molecular weight is 603 g/mol. The van der Waals surface area contributed by atoms with Gasteiger partial charge < -0.3 is 46.6 Å². The van der Waals surface area contributed by atoms with Crippen LogP contribution in [0.2, 0.25) is 0 Å². The number of aliphatic imine (C=N–C) groups is 1. The second kappa shape index (κ2) is 18.6. The summed E-state index contributed by atoms with van der Waals surface area (Å²) in [7, 11) is 0. The first kappa shape index (κ1) is 36.2. The van der Waals surface area contributed by atoms with Crippen molar-refractivity contribution in [3.05, 3.63) is 29.8 Å². The van der Waals surface area contributed by atoms with Gasteiger partial charge in [0.15, 0.2) is 5.78 Å². The molecule has 0 aliphatic carbocycles. The third-order valence-corrected chi connectivity index (χ3v) is 7.48. The molecule has 9 N–H and O–H groups in total. The molecule has 0 aliphatic rings. The van der Waals surface area contributed by atoms with Crippen LogP contribution in [-0.4, -0.2) is 121 Å². The van der Waals surface area contributed by atoms with Gasteiger partial charge in [0.25, 0.3) is 0 Å². The van der Waals surface area contributed by atoms with E-state index in [9.17, 15) is 35.1 Å². The van der Waals surface area contributed by atoms with Gasteiger partial charge in [0, 0.05) is 51.0 Å². The summed E-state index contributed by atoms with van der Waals surface area (Å²) in [6, 6.07) is 7.02. The Morgan fingerprint density at radius 3 is 2.42 bits per heavy atom. The van der Waals surface area contributed by atoms with Gasteiger partial charge in [0.2, 0.25) is 5.60 Å². The summed E-state index contributed by atoms with van der Waals surface area (Å²) in [5.74, 6) is -2.52. The molecule has 0 amide bonds. The fourth-order valence-electron chi connectivity index (χ4n) is 3.94. The van der Waals surface area contributed by atoms with Crippen molar-refractivity contribution in [3.8, 4) is 0 Å². The molecule has 40 heavy (non-hydrogen) atoms. The topological polar surface area (TPSA) is 212 Å². The lowest BCUT2D eigenvalue weighted by Crippen LogP contribution is -2.62. The molecule has 0 radical (unpaired) electrons. The van der Waals surface area contributed by atoms with Crippen molar-refractivity contribution in [2.45, 2.75) is 68.5 Å². The van der Waals surface area contributed by atoms with E-state index in [1.807, 2.05) is 38.1 Å². The summed E-state index contributed by atoms with van der Waals surface area (Å²) in [6.45, 7) is 5.71. The Labute approximate surface area is 244 Å². The molecule has 0 aliphatic heterocycles. The molecule has 1 unspecified atom stereocenters. The van der Waals surface area contributed by atoms with E-state index >= 15 is 0 Å². The molecule has 6 atom stereocenters. The fourth-order valence-corrected chi connectivity index (χ4v) is 4.97. The number of Topliss-reactive ketones (excluding diaryl/α,β-unsaturated/α-hetero) is 1. The second-order valence-electron chi connectivity index (χ2n) is 9.35. The van der Waals surface area contributed by atoms with E-state index in [1.165, 1.54) is 0 Å².